The number of benzene rings is 1. The summed E-state index contributed by atoms with van der Waals surface area (Å²) in [5.41, 5.74) is 1.29. The summed E-state index contributed by atoms with van der Waals surface area (Å²) < 4.78 is 44.6. The third kappa shape index (κ3) is 6.54. The van der Waals surface area contributed by atoms with Gasteiger partial charge in [0.2, 0.25) is 0 Å². The van der Waals surface area contributed by atoms with Gasteiger partial charge in [0.1, 0.15) is 12.4 Å². The number of ether oxygens (including phenoxy) is 1. The van der Waals surface area contributed by atoms with Gasteiger partial charge in [0.15, 0.2) is 0 Å². The van der Waals surface area contributed by atoms with Crippen LogP contribution in [0.4, 0.5) is 4.39 Å². The second-order valence-electron chi connectivity index (χ2n) is 4.56. The lowest BCUT2D eigenvalue weighted by molar-refractivity contribution is 0.241. The van der Waals surface area contributed by atoms with Crippen molar-refractivity contribution in [2.45, 2.75) is 33.0 Å². The Bertz CT molecular complexity index is 511. The zero-order valence-corrected chi connectivity index (χ0v) is 12.2. The van der Waals surface area contributed by atoms with Gasteiger partial charge in [-0.25, -0.2) is 4.39 Å². The summed E-state index contributed by atoms with van der Waals surface area (Å²) in [6.07, 6.45) is 1.38. The summed E-state index contributed by atoms with van der Waals surface area (Å²) in [5.74, 6) is 0.583. The molecular weight excluding hydrogens is 271 g/mol. The Labute approximate surface area is 113 Å². The van der Waals surface area contributed by atoms with E-state index >= 15 is 0 Å². The van der Waals surface area contributed by atoms with Crippen molar-refractivity contribution in [3.63, 3.8) is 0 Å². The van der Waals surface area contributed by atoms with Crippen LogP contribution in [-0.2, 0) is 27.4 Å². The molecule has 0 N–H and O–H groups in total. The van der Waals surface area contributed by atoms with Crippen LogP contribution in [0.1, 0.15) is 25.0 Å². The fourth-order valence-electron chi connectivity index (χ4n) is 1.60. The van der Waals surface area contributed by atoms with Crippen molar-refractivity contribution in [3.8, 4) is 5.75 Å². The van der Waals surface area contributed by atoms with Gasteiger partial charge in [-0.15, -0.1) is 0 Å². The lowest BCUT2D eigenvalue weighted by Crippen LogP contribution is -2.08. The van der Waals surface area contributed by atoms with Crippen molar-refractivity contribution in [3.05, 3.63) is 29.3 Å². The van der Waals surface area contributed by atoms with Crippen LogP contribution in [-0.4, -0.2) is 27.4 Å². The van der Waals surface area contributed by atoms with Gasteiger partial charge >= 0.3 is 0 Å². The molecule has 0 aliphatic rings. The van der Waals surface area contributed by atoms with Crippen molar-refractivity contribution in [2.75, 3.05) is 12.9 Å². The van der Waals surface area contributed by atoms with Crippen molar-refractivity contribution >= 4 is 10.1 Å². The highest BCUT2D eigenvalue weighted by atomic mass is 32.2. The van der Waals surface area contributed by atoms with E-state index in [9.17, 15) is 12.8 Å². The molecular formula is C13H19FO4S. The first-order valence-corrected chi connectivity index (χ1v) is 7.81. The van der Waals surface area contributed by atoms with E-state index in [1.54, 1.807) is 18.2 Å². The van der Waals surface area contributed by atoms with Crippen LogP contribution in [0.25, 0.3) is 0 Å². The molecule has 4 nitrogen and oxygen atoms in total. The Morgan fingerprint density at radius 1 is 1.21 bits per heavy atom. The molecule has 0 amide bonds. The Morgan fingerprint density at radius 3 is 2.37 bits per heavy atom. The minimum atomic E-state index is -3.44. The Hall–Kier alpha value is -1.14. The number of hydrogen-bond acceptors (Lipinski definition) is 4. The highest BCUT2D eigenvalue weighted by Gasteiger charge is 2.06. The Balaban J connectivity index is 2.76. The maximum atomic E-state index is 12.8. The molecule has 0 atom stereocenters. The predicted molar refractivity (Wildman–Crippen MR) is 71.5 cm³/mol. The highest BCUT2D eigenvalue weighted by molar-refractivity contribution is 7.85. The molecule has 0 saturated heterocycles. The molecule has 0 saturated carbocycles. The minimum Gasteiger partial charge on any atom is -0.491 e. The molecule has 0 aliphatic carbocycles. The lowest BCUT2D eigenvalue weighted by Gasteiger charge is -2.12. The van der Waals surface area contributed by atoms with Gasteiger partial charge in [0.25, 0.3) is 10.1 Å². The summed E-state index contributed by atoms with van der Waals surface area (Å²) in [5, 5.41) is 0. The normalized spacial score (nSPS) is 11.8. The van der Waals surface area contributed by atoms with Crippen molar-refractivity contribution in [1.82, 2.24) is 0 Å². The van der Waals surface area contributed by atoms with E-state index < -0.39 is 16.8 Å². The number of hydrogen-bond donors (Lipinski definition) is 0. The number of alkyl halides is 1. The molecule has 1 aromatic carbocycles. The van der Waals surface area contributed by atoms with E-state index in [-0.39, 0.29) is 12.7 Å². The number of halogens is 1. The maximum Gasteiger partial charge on any atom is 0.264 e. The molecule has 0 heterocycles. The predicted octanol–water partition coefficient (Wildman–Crippen LogP) is 2.46. The number of rotatable bonds is 7. The summed E-state index contributed by atoms with van der Waals surface area (Å²) in [6, 6.07) is 5.09. The zero-order chi connectivity index (χ0) is 14.5. The fraction of sp³-hybridized carbons (Fsp3) is 0.538. The summed E-state index contributed by atoms with van der Waals surface area (Å²) in [6.45, 7) is 3.22. The van der Waals surface area contributed by atoms with E-state index in [1.165, 1.54) is 0 Å². The van der Waals surface area contributed by atoms with Crippen LogP contribution in [0.3, 0.4) is 0 Å². The molecule has 0 unspecified atom stereocenters. The zero-order valence-electron chi connectivity index (χ0n) is 11.3. The van der Waals surface area contributed by atoms with E-state index in [1.807, 2.05) is 13.8 Å². The third-order valence-corrected chi connectivity index (χ3v) is 2.84. The highest BCUT2D eigenvalue weighted by Crippen LogP contribution is 2.20. The Kier molecular flexibility index (Phi) is 5.75. The van der Waals surface area contributed by atoms with Crippen LogP contribution in [0.2, 0.25) is 0 Å². The van der Waals surface area contributed by atoms with Crippen LogP contribution < -0.4 is 4.74 Å². The molecule has 1 aromatic rings. The molecule has 6 heteroatoms. The van der Waals surface area contributed by atoms with Gasteiger partial charge < -0.3 is 4.74 Å². The summed E-state index contributed by atoms with van der Waals surface area (Å²) in [7, 11) is -3.44. The van der Waals surface area contributed by atoms with Gasteiger partial charge in [-0.1, -0.05) is 6.07 Å². The van der Waals surface area contributed by atoms with Crippen molar-refractivity contribution in [2.24, 2.45) is 0 Å². The van der Waals surface area contributed by atoms with Crippen LogP contribution in [0, 0.1) is 0 Å². The van der Waals surface area contributed by atoms with E-state index in [4.69, 9.17) is 4.74 Å². The fourth-order valence-corrected chi connectivity index (χ4v) is 1.99. The van der Waals surface area contributed by atoms with Crippen molar-refractivity contribution in [1.29, 1.82) is 0 Å². The molecule has 0 aliphatic heterocycles. The molecule has 0 bridgehead atoms. The third-order valence-electron chi connectivity index (χ3n) is 2.24. The van der Waals surface area contributed by atoms with Crippen molar-refractivity contribution < 1.29 is 21.7 Å². The first-order chi connectivity index (χ1) is 8.80. The molecule has 0 fully saturated rings. The first kappa shape index (κ1) is 15.9. The molecule has 19 heavy (non-hydrogen) atoms. The maximum absolute atomic E-state index is 12.8. The van der Waals surface area contributed by atoms with E-state index in [0.29, 0.717) is 17.7 Å². The van der Waals surface area contributed by atoms with Crippen LogP contribution in [0.15, 0.2) is 18.2 Å². The standard InChI is InChI=1S/C13H19FO4S/c1-10(2)18-13-7-11(6-12(8-13)9-14)4-5-17-19(3,15)16/h6-8,10H,4-5,9H2,1-3H3. The SMILES string of the molecule is CC(C)Oc1cc(CF)cc(CCOS(C)(=O)=O)c1. The molecule has 1 rings (SSSR count). The monoisotopic (exact) mass is 290 g/mol. The first-order valence-electron chi connectivity index (χ1n) is 6.00. The Morgan fingerprint density at radius 2 is 1.84 bits per heavy atom. The van der Waals surface area contributed by atoms with Crippen LogP contribution >= 0.6 is 0 Å². The van der Waals surface area contributed by atoms with Crippen LogP contribution in [0.5, 0.6) is 5.75 Å². The van der Waals surface area contributed by atoms with Gasteiger partial charge in [-0.3, -0.25) is 4.18 Å². The second kappa shape index (κ2) is 6.86. The molecule has 0 radical (unpaired) electrons. The summed E-state index contributed by atoms with van der Waals surface area (Å²) >= 11 is 0. The quantitative estimate of drug-likeness (QED) is 0.724. The van der Waals surface area contributed by atoms with Gasteiger partial charge in [-0.05, 0) is 43.5 Å². The van der Waals surface area contributed by atoms with Gasteiger partial charge in [0, 0.05) is 0 Å². The van der Waals surface area contributed by atoms with E-state index in [2.05, 4.69) is 4.18 Å². The molecule has 0 spiro atoms. The average molecular weight is 290 g/mol. The molecule has 0 aromatic heterocycles. The second-order valence-corrected chi connectivity index (χ2v) is 6.21. The smallest absolute Gasteiger partial charge is 0.264 e. The van der Waals surface area contributed by atoms with Gasteiger partial charge in [-0.2, -0.15) is 8.42 Å². The minimum absolute atomic E-state index is 0.00465. The van der Waals surface area contributed by atoms with Gasteiger partial charge in [0.05, 0.1) is 19.0 Å². The lowest BCUT2D eigenvalue weighted by atomic mass is 10.1. The average Bonchev–Trinajstić information content (AvgIpc) is 2.26. The summed E-state index contributed by atoms with van der Waals surface area (Å²) in [4.78, 5) is 0. The van der Waals surface area contributed by atoms with E-state index in [0.717, 1.165) is 11.8 Å². The largest absolute Gasteiger partial charge is 0.491 e. The molecule has 108 valence electrons. The topological polar surface area (TPSA) is 52.6 Å².